The number of aryl methyl sites for hydroxylation is 1. The minimum atomic E-state index is 0.483. The zero-order valence-electron chi connectivity index (χ0n) is 7.45. The zero-order valence-corrected chi connectivity index (χ0v) is 7.45. The maximum absolute atomic E-state index is 10.3. The molecule has 0 fully saturated rings. The quantitative estimate of drug-likeness (QED) is 0.642. The van der Waals surface area contributed by atoms with Gasteiger partial charge in [-0.25, -0.2) is 0 Å². The molecule has 0 bridgehead atoms. The normalized spacial score (nSPS) is 14.5. The van der Waals surface area contributed by atoms with Gasteiger partial charge in [-0.2, -0.15) is 0 Å². The molecule has 0 amide bonds. The molecule has 1 aromatic carbocycles. The molecule has 0 aliphatic carbocycles. The van der Waals surface area contributed by atoms with Crippen LogP contribution >= 0.6 is 0 Å². The second-order valence-corrected chi connectivity index (χ2v) is 3.26. The van der Waals surface area contributed by atoms with Gasteiger partial charge in [-0.15, -0.1) is 0 Å². The molecule has 2 rings (SSSR count). The third-order valence-electron chi connectivity index (χ3n) is 2.30. The second-order valence-electron chi connectivity index (χ2n) is 3.26. The number of hydrogen-bond acceptors (Lipinski definition) is 2. The highest BCUT2D eigenvalue weighted by Crippen LogP contribution is 2.25. The van der Waals surface area contributed by atoms with Gasteiger partial charge in [0.05, 0.1) is 6.61 Å². The van der Waals surface area contributed by atoms with Crippen molar-refractivity contribution in [1.29, 1.82) is 0 Å². The predicted octanol–water partition coefficient (Wildman–Crippen LogP) is 1.75. The molecule has 0 saturated heterocycles. The van der Waals surface area contributed by atoms with E-state index in [1.54, 1.807) is 0 Å². The highest BCUT2D eigenvalue weighted by Gasteiger charge is 2.09. The molecule has 1 aliphatic heterocycles. The van der Waals surface area contributed by atoms with Crippen LogP contribution in [0, 0.1) is 0 Å². The summed E-state index contributed by atoms with van der Waals surface area (Å²) >= 11 is 0. The Morgan fingerprint density at radius 2 is 2.38 bits per heavy atom. The largest absolute Gasteiger partial charge is 0.493 e. The Bertz CT molecular complexity index is 318. The van der Waals surface area contributed by atoms with Crippen molar-refractivity contribution in [3.63, 3.8) is 0 Å². The number of hydrogen-bond donors (Lipinski definition) is 0. The summed E-state index contributed by atoms with van der Waals surface area (Å²) in [6, 6.07) is 6.04. The van der Waals surface area contributed by atoms with Gasteiger partial charge in [-0.3, -0.25) is 0 Å². The van der Waals surface area contributed by atoms with Gasteiger partial charge in [0, 0.05) is 6.42 Å². The van der Waals surface area contributed by atoms with Crippen LogP contribution < -0.4 is 4.74 Å². The predicted molar refractivity (Wildman–Crippen MR) is 50.0 cm³/mol. The van der Waals surface area contributed by atoms with Crippen molar-refractivity contribution in [2.45, 2.75) is 19.3 Å². The number of aldehydes is 1. The second kappa shape index (κ2) is 3.60. The van der Waals surface area contributed by atoms with Gasteiger partial charge in [0.15, 0.2) is 0 Å². The number of benzene rings is 1. The lowest BCUT2D eigenvalue weighted by atomic mass is 10.0. The van der Waals surface area contributed by atoms with Crippen molar-refractivity contribution < 1.29 is 9.53 Å². The van der Waals surface area contributed by atoms with E-state index in [4.69, 9.17) is 4.74 Å². The van der Waals surface area contributed by atoms with E-state index in [0.29, 0.717) is 6.42 Å². The maximum atomic E-state index is 10.3. The Morgan fingerprint density at radius 3 is 3.23 bits per heavy atom. The van der Waals surface area contributed by atoms with E-state index in [2.05, 4.69) is 6.07 Å². The Balaban J connectivity index is 2.29. The van der Waals surface area contributed by atoms with E-state index in [-0.39, 0.29) is 0 Å². The first-order chi connectivity index (χ1) is 6.40. The molecule has 13 heavy (non-hydrogen) atoms. The lowest BCUT2D eigenvalue weighted by molar-refractivity contribution is -0.107. The molecule has 0 spiro atoms. The van der Waals surface area contributed by atoms with Gasteiger partial charge >= 0.3 is 0 Å². The highest BCUT2D eigenvalue weighted by atomic mass is 16.5. The van der Waals surface area contributed by atoms with Gasteiger partial charge < -0.3 is 9.53 Å². The van der Waals surface area contributed by atoms with Crippen LogP contribution in [0.5, 0.6) is 5.75 Å². The van der Waals surface area contributed by atoms with E-state index >= 15 is 0 Å². The standard InChI is InChI=1S/C11H12O2/c12-6-5-9-3-4-10-2-1-7-13-11(10)8-9/h3-4,6,8H,1-2,5,7H2. The van der Waals surface area contributed by atoms with Crippen LogP contribution in [0.3, 0.4) is 0 Å². The molecule has 0 N–H and O–H groups in total. The summed E-state index contributed by atoms with van der Waals surface area (Å²) in [5.74, 6) is 0.964. The van der Waals surface area contributed by atoms with Crippen molar-refractivity contribution in [2.75, 3.05) is 6.61 Å². The highest BCUT2D eigenvalue weighted by molar-refractivity contribution is 5.56. The van der Waals surface area contributed by atoms with Crippen LogP contribution in [0.2, 0.25) is 0 Å². The summed E-state index contributed by atoms with van der Waals surface area (Å²) in [6.45, 7) is 0.803. The summed E-state index contributed by atoms with van der Waals surface area (Å²) in [5, 5.41) is 0. The van der Waals surface area contributed by atoms with Crippen LogP contribution in [-0.2, 0) is 17.6 Å². The first-order valence-corrected chi connectivity index (χ1v) is 4.58. The first-order valence-electron chi connectivity index (χ1n) is 4.58. The van der Waals surface area contributed by atoms with Crippen LogP contribution in [0.25, 0.3) is 0 Å². The number of carbonyl (C=O) groups excluding carboxylic acids is 1. The molecule has 1 aliphatic rings. The minimum Gasteiger partial charge on any atom is -0.493 e. The molecule has 0 radical (unpaired) electrons. The molecule has 1 heterocycles. The molecule has 2 nitrogen and oxygen atoms in total. The number of carbonyl (C=O) groups is 1. The van der Waals surface area contributed by atoms with Gasteiger partial charge in [-0.1, -0.05) is 12.1 Å². The van der Waals surface area contributed by atoms with Crippen LogP contribution in [0.4, 0.5) is 0 Å². The van der Waals surface area contributed by atoms with Crippen LogP contribution in [0.15, 0.2) is 18.2 Å². The molecular formula is C11H12O2. The fourth-order valence-electron chi connectivity index (χ4n) is 1.61. The van der Waals surface area contributed by atoms with E-state index in [0.717, 1.165) is 37.0 Å². The lowest BCUT2D eigenvalue weighted by Crippen LogP contribution is -2.08. The summed E-state index contributed by atoms with van der Waals surface area (Å²) in [6.07, 6.45) is 3.60. The molecule has 0 saturated carbocycles. The molecule has 0 aromatic heterocycles. The van der Waals surface area contributed by atoms with E-state index in [1.165, 1.54) is 5.56 Å². The SMILES string of the molecule is O=CCc1ccc2c(c1)OCCC2. The molecule has 2 heteroatoms. The Kier molecular flexibility index (Phi) is 2.30. The molecular weight excluding hydrogens is 164 g/mol. The Hall–Kier alpha value is -1.31. The van der Waals surface area contributed by atoms with E-state index < -0.39 is 0 Å². The minimum absolute atomic E-state index is 0.483. The van der Waals surface area contributed by atoms with Crippen molar-refractivity contribution in [2.24, 2.45) is 0 Å². The van der Waals surface area contributed by atoms with Crippen LogP contribution in [0.1, 0.15) is 17.5 Å². The summed E-state index contributed by atoms with van der Waals surface area (Å²) in [5.41, 5.74) is 2.30. The van der Waals surface area contributed by atoms with Gasteiger partial charge in [0.25, 0.3) is 0 Å². The summed E-state index contributed by atoms with van der Waals surface area (Å²) < 4.78 is 5.49. The Morgan fingerprint density at radius 1 is 1.46 bits per heavy atom. The number of fused-ring (bicyclic) bond motifs is 1. The molecule has 68 valence electrons. The third-order valence-corrected chi connectivity index (χ3v) is 2.30. The Labute approximate surface area is 77.5 Å². The molecule has 0 atom stereocenters. The smallest absolute Gasteiger partial charge is 0.124 e. The third kappa shape index (κ3) is 1.72. The van der Waals surface area contributed by atoms with Gasteiger partial charge in [0.1, 0.15) is 12.0 Å². The van der Waals surface area contributed by atoms with Crippen molar-refractivity contribution in [3.05, 3.63) is 29.3 Å². The van der Waals surface area contributed by atoms with Crippen molar-refractivity contribution in [3.8, 4) is 5.75 Å². The van der Waals surface area contributed by atoms with E-state index in [9.17, 15) is 4.79 Å². The average molecular weight is 176 g/mol. The summed E-state index contributed by atoms with van der Waals surface area (Å²) in [7, 11) is 0. The topological polar surface area (TPSA) is 26.3 Å². The monoisotopic (exact) mass is 176 g/mol. The summed E-state index contributed by atoms with van der Waals surface area (Å²) in [4.78, 5) is 10.3. The maximum Gasteiger partial charge on any atom is 0.124 e. The van der Waals surface area contributed by atoms with Crippen molar-refractivity contribution >= 4 is 6.29 Å². The van der Waals surface area contributed by atoms with Gasteiger partial charge in [-0.05, 0) is 30.0 Å². The fourth-order valence-corrected chi connectivity index (χ4v) is 1.61. The van der Waals surface area contributed by atoms with Crippen molar-refractivity contribution in [1.82, 2.24) is 0 Å². The van der Waals surface area contributed by atoms with E-state index in [1.807, 2.05) is 12.1 Å². The van der Waals surface area contributed by atoms with Crippen LogP contribution in [-0.4, -0.2) is 12.9 Å². The average Bonchev–Trinajstić information content (AvgIpc) is 2.18. The number of ether oxygens (including phenoxy) is 1. The zero-order chi connectivity index (χ0) is 9.10. The fraction of sp³-hybridized carbons (Fsp3) is 0.364. The van der Waals surface area contributed by atoms with Gasteiger partial charge in [0.2, 0.25) is 0 Å². The first kappa shape index (κ1) is 8.30. The number of rotatable bonds is 2. The molecule has 1 aromatic rings. The molecule has 0 unspecified atom stereocenters. The lowest BCUT2D eigenvalue weighted by Gasteiger charge is -2.17.